The highest BCUT2D eigenvalue weighted by molar-refractivity contribution is 5.97. The quantitative estimate of drug-likeness (QED) is 0.245. The van der Waals surface area contributed by atoms with Crippen LogP contribution in [0.25, 0.3) is 10.8 Å². The lowest BCUT2D eigenvalue weighted by Crippen LogP contribution is -2.55. The monoisotopic (exact) mass is 591 g/mol. The Balaban J connectivity index is 1.53. The van der Waals surface area contributed by atoms with Crippen LogP contribution in [0.5, 0.6) is 5.88 Å². The molecule has 2 aromatic carbocycles. The number of hydrogen-bond acceptors (Lipinski definition) is 8. The maximum absolute atomic E-state index is 12.6. The van der Waals surface area contributed by atoms with E-state index >= 15 is 0 Å². The lowest BCUT2D eigenvalue weighted by Gasteiger charge is -2.43. The molecule has 0 aliphatic carbocycles. The van der Waals surface area contributed by atoms with Gasteiger partial charge in [-0.2, -0.15) is 10.5 Å². The van der Waals surface area contributed by atoms with E-state index in [9.17, 15) is 15.3 Å². The fourth-order valence-corrected chi connectivity index (χ4v) is 6.51. The molecule has 0 radical (unpaired) electrons. The van der Waals surface area contributed by atoms with Crippen LogP contribution in [-0.4, -0.2) is 80.2 Å². The lowest BCUT2D eigenvalue weighted by molar-refractivity contribution is -0.128. The molecule has 0 unspecified atom stereocenters. The first-order valence-corrected chi connectivity index (χ1v) is 15.4. The number of carbonyl (C=O) groups excluding carboxylic acids is 1. The number of fused-ring (bicyclic) bond motifs is 2. The number of ether oxygens (including phenoxy) is 1. The fraction of sp³-hybridized carbons (Fsp3) is 0.429. The van der Waals surface area contributed by atoms with E-state index in [4.69, 9.17) is 9.72 Å². The normalized spacial score (nSPS) is 16.4. The van der Waals surface area contributed by atoms with Gasteiger partial charge in [0.25, 0.3) is 0 Å². The van der Waals surface area contributed by atoms with Crippen molar-refractivity contribution in [2.45, 2.75) is 45.2 Å². The smallest absolute Gasteiger partial charge is 0.246 e. The molecule has 1 atom stereocenters. The zero-order chi connectivity index (χ0) is 31.2. The Morgan fingerprint density at radius 3 is 2.66 bits per heavy atom. The summed E-state index contributed by atoms with van der Waals surface area (Å²) >= 11 is 0. The maximum Gasteiger partial charge on any atom is 0.246 e. The molecule has 0 bridgehead atoms. The molecular weight excluding hydrogens is 550 g/mol. The molecule has 2 aliphatic heterocycles. The van der Waals surface area contributed by atoms with Crippen LogP contribution in [-0.2, 0) is 17.8 Å². The molecule has 44 heavy (non-hydrogen) atoms. The van der Waals surface area contributed by atoms with Gasteiger partial charge in [0.15, 0.2) is 0 Å². The van der Waals surface area contributed by atoms with E-state index in [1.165, 1.54) is 28.1 Å². The van der Waals surface area contributed by atoms with Crippen LogP contribution in [0.1, 0.15) is 41.6 Å². The van der Waals surface area contributed by atoms with Gasteiger partial charge in [0, 0.05) is 42.8 Å². The third kappa shape index (κ3) is 6.34. The van der Waals surface area contributed by atoms with Crippen LogP contribution >= 0.6 is 0 Å². The van der Waals surface area contributed by atoms with Crippen molar-refractivity contribution in [3.63, 3.8) is 0 Å². The molecule has 3 aromatic rings. The number of rotatable bonds is 10. The first-order valence-electron chi connectivity index (χ1n) is 15.4. The van der Waals surface area contributed by atoms with E-state index in [1.807, 2.05) is 0 Å². The molecule has 9 heteroatoms. The number of aryl methyl sites for hydroxylation is 1. The van der Waals surface area contributed by atoms with Gasteiger partial charge in [-0.25, -0.2) is 4.98 Å². The van der Waals surface area contributed by atoms with Gasteiger partial charge in [-0.05, 0) is 69.9 Å². The SMILES string of the molecule is C=CC(=O)N1CCN(c2c(C#N)c(OCCCCN(C)C)nc3c2CCN(c2cccc4cccc(C)c24)C3)C[C@@H]1CC#N. The van der Waals surface area contributed by atoms with Crippen molar-refractivity contribution < 1.29 is 9.53 Å². The number of benzene rings is 2. The summed E-state index contributed by atoms with van der Waals surface area (Å²) < 4.78 is 6.26. The Bertz CT molecular complexity index is 1610. The Labute approximate surface area is 260 Å². The number of nitriles is 2. The van der Waals surface area contributed by atoms with Crippen LogP contribution < -0.4 is 14.5 Å². The second-order valence-corrected chi connectivity index (χ2v) is 11.9. The number of unbranched alkanes of at least 4 members (excludes halogenated alkanes) is 1. The number of nitrogens with zero attached hydrogens (tertiary/aromatic N) is 7. The molecule has 0 N–H and O–H groups in total. The van der Waals surface area contributed by atoms with Crippen molar-refractivity contribution in [2.75, 3.05) is 63.2 Å². The molecule has 228 valence electrons. The van der Waals surface area contributed by atoms with Gasteiger partial charge in [-0.1, -0.05) is 36.9 Å². The molecule has 0 spiro atoms. The number of carbonyl (C=O) groups is 1. The van der Waals surface area contributed by atoms with Crippen LogP contribution in [0.4, 0.5) is 11.4 Å². The molecule has 3 heterocycles. The second kappa shape index (κ2) is 13.8. The summed E-state index contributed by atoms with van der Waals surface area (Å²) in [7, 11) is 4.11. The molecule has 1 amide bonds. The summed E-state index contributed by atoms with van der Waals surface area (Å²) in [6, 6.07) is 17.2. The summed E-state index contributed by atoms with van der Waals surface area (Å²) in [5.41, 5.74) is 5.63. The van der Waals surface area contributed by atoms with E-state index in [0.717, 1.165) is 42.9 Å². The molecule has 1 saturated heterocycles. The second-order valence-electron chi connectivity index (χ2n) is 11.9. The van der Waals surface area contributed by atoms with Crippen molar-refractivity contribution in [3.8, 4) is 18.0 Å². The number of anilines is 2. The van der Waals surface area contributed by atoms with Gasteiger partial charge in [0.2, 0.25) is 11.8 Å². The summed E-state index contributed by atoms with van der Waals surface area (Å²) in [6.07, 6.45) is 4.06. The number of pyridine rings is 1. The number of aromatic nitrogens is 1. The van der Waals surface area contributed by atoms with Gasteiger partial charge < -0.3 is 24.3 Å². The summed E-state index contributed by atoms with van der Waals surface area (Å²) in [4.78, 5) is 26.0. The fourth-order valence-electron chi connectivity index (χ4n) is 6.51. The summed E-state index contributed by atoms with van der Waals surface area (Å²) in [5, 5.41) is 22.5. The van der Waals surface area contributed by atoms with E-state index < -0.39 is 0 Å². The lowest BCUT2D eigenvalue weighted by atomic mass is 9.95. The number of amides is 1. The Kier molecular flexibility index (Phi) is 9.67. The van der Waals surface area contributed by atoms with E-state index in [0.29, 0.717) is 50.7 Å². The first kappa shape index (κ1) is 30.8. The van der Waals surface area contributed by atoms with Crippen LogP contribution in [0.3, 0.4) is 0 Å². The van der Waals surface area contributed by atoms with Gasteiger partial charge in [-0.15, -0.1) is 0 Å². The van der Waals surface area contributed by atoms with Crippen LogP contribution in [0.15, 0.2) is 49.1 Å². The van der Waals surface area contributed by atoms with E-state index in [2.05, 4.69) is 90.8 Å². The highest BCUT2D eigenvalue weighted by Gasteiger charge is 2.35. The first-order chi connectivity index (χ1) is 21.4. The van der Waals surface area contributed by atoms with Crippen LogP contribution in [0, 0.1) is 29.6 Å². The summed E-state index contributed by atoms with van der Waals surface area (Å²) in [5.74, 6) is 0.188. The standard InChI is InChI=1S/C35H41N7O2/c1-5-32(43)42-20-19-41(23-27(42)14-16-36)34-28-15-18-40(31-13-9-12-26-11-8-10-25(2)33(26)31)24-30(28)38-35(29(34)22-37)44-21-7-6-17-39(3)4/h5,8-13,27H,1,6-7,14-15,17-21,23-24H2,2-4H3/t27-/m0/s1. The molecule has 1 aromatic heterocycles. The third-order valence-corrected chi connectivity index (χ3v) is 8.66. The van der Waals surface area contributed by atoms with Crippen molar-refractivity contribution in [3.05, 3.63) is 71.4 Å². The highest BCUT2D eigenvalue weighted by Crippen LogP contribution is 2.40. The summed E-state index contributed by atoms with van der Waals surface area (Å²) in [6.45, 7) is 10.0. The minimum atomic E-state index is -0.302. The molecule has 1 fully saturated rings. The minimum absolute atomic E-state index is 0.176. The molecule has 5 rings (SSSR count). The molecule has 9 nitrogen and oxygen atoms in total. The molecule has 2 aliphatic rings. The van der Waals surface area contributed by atoms with E-state index in [-0.39, 0.29) is 18.4 Å². The van der Waals surface area contributed by atoms with Gasteiger partial charge in [0.1, 0.15) is 11.6 Å². The van der Waals surface area contributed by atoms with Crippen molar-refractivity contribution >= 4 is 28.1 Å². The zero-order valence-corrected chi connectivity index (χ0v) is 26.1. The maximum atomic E-state index is 12.6. The van der Waals surface area contributed by atoms with Gasteiger partial charge >= 0.3 is 0 Å². The number of piperazine rings is 1. The molecular formula is C35H41N7O2. The highest BCUT2D eigenvalue weighted by atomic mass is 16.5. The Hall–Kier alpha value is -4.60. The van der Waals surface area contributed by atoms with Crippen molar-refractivity contribution in [2.24, 2.45) is 0 Å². The minimum Gasteiger partial charge on any atom is -0.477 e. The number of hydrogen-bond donors (Lipinski definition) is 0. The van der Waals surface area contributed by atoms with E-state index in [1.54, 1.807) is 4.90 Å². The van der Waals surface area contributed by atoms with Crippen molar-refractivity contribution in [1.29, 1.82) is 10.5 Å². The van der Waals surface area contributed by atoms with Crippen molar-refractivity contribution in [1.82, 2.24) is 14.8 Å². The zero-order valence-electron chi connectivity index (χ0n) is 26.1. The molecule has 0 saturated carbocycles. The van der Waals surface area contributed by atoms with Gasteiger partial charge in [-0.3, -0.25) is 4.79 Å². The Morgan fingerprint density at radius 1 is 1.14 bits per heavy atom. The van der Waals surface area contributed by atoms with Crippen LogP contribution in [0.2, 0.25) is 0 Å². The third-order valence-electron chi connectivity index (χ3n) is 8.66. The average molecular weight is 592 g/mol. The predicted octanol–water partition coefficient (Wildman–Crippen LogP) is 4.82. The Morgan fingerprint density at radius 2 is 1.93 bits per heavy atom. The largest absolute Gasteiger partial charge is 0.477 e. The predicted molar refractivity (Wildman–Crippen MR) is 174 cm³/mol. The topological polar surface area (TPSA) is 99.7 Å². The average Bonchev–Trinajstić information content (AvgIpc) is 3.03. The van der Waals surface area contributed by atoms with Gasteiger partial charge in [0.05, 0.1) is 43.1 Å².